The van der Waals surface area contributed by atoms with Crippen LogP contribution in [0, 0.1) is 3.57 Å². The highest BCUT2D eigenvalue weighted by Gasteiger charge is 2.61. The molecule has 2 fully saturated rings. The van der Waals surface area contributed by atoms with Crippen molar-refractivity contribution in [3.63, 3.8) is 0 Å². The van der Waals surface area contributed by atoms with Crippen molar-refractivity contribution in [3.8, 4) is 0 Å². The smallest absolute Gasteiger partial charge is 0.318 e. The zero-order valence-corrected chi connectivity index (χ0v) is 12.2. The highest BCUT2D eigenvalue weighted by molar-refractivity contribution is 14.1. The Bertz CT molecular complexity index is 481. The van der Waals surface area contributed by atoms with Crippen LogP contribution in [-0.4, -0.2) is 29.8 Å². The monoisotopic (exact) mass is 359 g/mol. The third kappa shape index (κ3) is 1.93. The first-order valence-electron chi connectivity index (χ1n) is 6.10. The third-order valence-corrected chi connectivity index (χ3v) is 4.34. The van der Waals surface area contributed by atoms with E-state index in [9.17, 15) is 4.79 Å². The molecule has 0 spiro atoms. The second-order valence-electron chi connectivity index (χ2n) is 4.78. The normalized spacial score (nSPS) is 33.0. The molecule has 0 bridgehead atoms. The average molecular weight is 359 g/mol. The van der Waals surface area contributed by atoms with Crippen LogP contribution < -0.4 is 0 Å². The second kappa shape index (κ2) is 4.45. The van der Waals surface area contributed by atoms with Crippen LogP contribution in [0.3, 0.4) is 0 Å². The van der Waals surface area contributed by atoms with E-state index in [0.29, 0.717) is 19.4 Å². The fraction of sp³-hybridized carbons (Fsp3) is 0.538. The first-order valence-corrected chi connectivity index (χ1v) is 7.18. The van der Waals surface area contributed by atoms with Gasteiger partial charge in [0, 0.05) is 9.77 Å². The standard InChI is InChI=1S/C13H14INO3/c1-2-17-12(16)13(6-9-10(7-13)18-9)11-5-8(14)3-4-15-11/h3-5,9-10H,2,6-7H2,1H3. The van der Waals surface area contributed by atoms with Crippen LogP contribution in [0.5, 0.6) is 0 Å². The molecule has 2 aliphatic rings. The van der Waals surface area contributed by atoms with Crippen molar-refractivity contribution >= 4 is 28.6 Å². The van der Waals surface area contributed by atoms with Crippen LogP contribution in [0.25, 0.3) is 0 Å². The molecule has 1 aliphatic heterocycles. The number of esters is 1. The number of pyridine rings is 1. The lowest BCUT2D eigenvalue weighted by atomic mass is 9.81. The van der Waals surface area contributed by atoms with Crippen LogP contribution in [0.15, 0.2) is 18.3 Å². The summed E-state index contributed by atoms with van der Waals surface area (Å²) >= 11 is 2.24. The van der Waals surface area contributed by atoms with Gasteiger partial charge in [0.05, 0.1) is 24.5 Å². The Morgan fingerprint density at radius 1 is 1.61 bits per heavy atom. The molecule has 0 aromatic carbocycles. The van der Waals surface area contributed by atoms with Crippen molar-refractivity contribution in [3.05, 3.63) is 27.6 Å². The Kier molecular flexibility index (Phi) is 3.05. The third-order valence-electron chi connectivity index (χ3n) is 3.67. The van der Waals surface area contributed by atoms with Gasteiger partial charge in [-0.1, -0.05) is 0 Å². The molecule has 18 heavy (non-hydrogen) atoms. The lowest BCUT2D eigenvalue weighted by Crippen LogP contribution is -2.38. The summed E-state index contributed by atoms with van der Waals surface area (Å²) in [6.45, 7) is 2.24. The van der Waals surface area contributed by atoms with Crippen molar-refractivity contribution in [2.24, 2.45) is 0 Å². The Balaban J connectivity index is 1.97. The van der Waals surface area contributed by atoms with Gasteiger partial charge in [0.15, 0.2) is 0 Å². The van der Waals surface area contributed by atoms with Crippen molar-refractivity contribution in [1.29, 1.82) is 0 Å². The number of carbonyl (C=O) groups excluding carboxylic acids is 1. The van der Waals surface area contributed by atoms with Crippen LogP contribution in [0.1, 0.15) is 25.5 Å². The average Bonchev–Trinajstić information content (AvgIpc) is 2.97. The highest BCUT2D eigenvalue weighted by Crippen LogP contribution is 2.51. The number of fused-ring (bicyclic) bond motifs is 1. The number of hydrogen-bond acceptors (Lipinski definition) is 4. The Morgan fingerprint density at radius 2 is 2.33 bits per heavy atom. The topological polar surface area (TPSA) is 51.7 Å². The zero-order chi connectivity index (χ0) is 12.8. The molecule has 0 radical (unpaired) electrons. The molecule has 2 atom stereocenters. The maximum absolute atomic E-state index is 12.3. The molecule has 4 nitrogen and oxygen atoms in total. The number of hydrogen-bond donors (Lipinski definition) is 0. The van der Waals surface area contributed by atoms with Gasteiger partial charge in [-0.15, -0.1) is 0 Å². The SMILES string of the molecule is CCOC(=O)C1(c2cc(I)ccn2)CC2OC2C1. The van der Waals surface area contributed by atoms with Gasteiger partial charge in [0.2, 0.25) is 0 Å². The molecular weight excluding hydrogens is 345 g/mol. The predicted octanol–water partition coefficient (Wildman–Crippen LogP) is 2.05. The second-order valence-corrected chi connectivity index (χ2v) is 6.03. The largest absolute Gasteiger partial charge is 0.465 e. The highest BCUT2D eigenvalue weighted by atomic mass is 127. The molecule has 5 heteroatoms. The number of rotatable bonds is 3. The molecule has 1 aliphatic carbocycles. The molecule has 1 aromatic heterocycles. The fourth-order valence-corrected chi connectivity index (χ4v) is 3.18. The van der Waals surface area contributed by atoms with Gasteiger partial charge in [-0.2, -0.15) is 0 Å². The molecular formula is C13H14INO3. The molecule has 96 valence electrons. The first kappa shape index (κ1) is 12.3. The summed E-state index contributed by atoms with van der Waals surface area (Å²) in [5.74, 6) is -0.157. The molecule has 1 saturated carbocycles. The number of nitrogens with zero attached hydrogens (tertiary/aromatic N) is 1. The molecule has 2 heterocycles. The van der Waals surface area contributed by atoms with Crippen molar-refractivity contribution in [2.75, 3.05) is 6.61 Å². The van der Waals surface area contributed by atoms with E-state index in [-0.39, 0.29) is 18.2 Å². The maximum Gasteiger partial charge on any atom is 0.318 e. The fourth-order valence-electron chi connectivity index (χ4n) is 2.72. The van der Waals surface area contributed by atoms with Gasteiger partial charge in [0.25, 0.3) is 0 Å². The number of aromatic nitrogens is 1. The summed E-state index contributed by atoms with van der Waals surface area (Å²) in [5.41, 5.74) is 0.230. The Hall–Kier alpha value is -0.690. The summed E-state index contributed by atoms with van der Waals surface area (Å²) < 4.78 is 11.8. The lowest BCUT2D eigenvalue weighted by molar-refractivity contribution is -0.151. The van der Waals surface area contributed by atoms with E-state index < -0.39 is 5.41 Å². The van der Waals surface area contributed by atoms with Crippen molar-refractivity contribution in [1.82, 2.24) is 4.98 Å². The summed E-state index contributed by atoms with van der Waals surface area (Å²) in [6, 6.07) is 3.90. The van der Waals surface area contributed by atoms with Gasteiger partial charge in [-0.3, -0.25) is 9.78 Å². The number of ether oxygens (including phenoxy) is 2. The van der Waals surface area contributed by atoms with E-state index in [4.69, 9.17) is 9.47 Å². The van der Waals surface area contributed by atoms with E-state index in [1.54, 1.807) is 6.20 Å². The van der Waals surface area contributed by atoms with Gasteiger partial charge in [-0.05, 0) is 54.5 Å². The Morgan fingerprint density at radius 3 is 2.94 bits per heavy atom. The van der Waals surface area contributed by atoms with E-state index >= 15 is 0 Å². The molecule has 1 saturated heterocycles. The van der Waals surface area contributed by atoms with Crippen LogP contribution in [-0.2, 0) is 19.7 Å². The first-order chi connectivity index (χ1) is 8.65. The van der Waals surface area contributed by atoms with E-state index in [2.05, 4.69) is 27.6 Å². The Labute approximate surface area is 119 Å². The zero-order valence-electron chi connectivity index (χ0n) is 10.1. The number of carbonyl (C=O) groups is 1. The minimum absolute atomic E-state index is 0.157. The van der Waals surface area contributed by atoms with Crippen LogP contribution in [0.2, 0.25) is 0 Å². The van der Waals surface area contributed by atoms with Gasteiger partial charge in [0.1, 0.15) is 5.41 Å². The quantitative estimate of drug-likeness (QED) is 0.471. The predicted molar refractivity (Wildman–Crippen MR) is 73.2 cm³/mol. The van der Waals surface area contributed by atoms with Crippen molar-refractivity contribution < 1.29 is 14.3 Å². The van der Waals surface area contributed by atoms with Crippen LogP contribution in [0.4, 0.5) is 0 Å². The number of epoxide rings is 1. The minimum Gasteiger partial charge on any atom is -0.465 e. The molecule has 2 unspecified atom stereocenters. The van der Waals surface area contributed by atoms with Crippen molar-refractivity contribution in [2.45, 2.75) is 37.4 Å². The molecule has 3 rings (SSSR count). The minimum atomic E-state index is -0.592. The molecule has 1 aromatic rings. The maximum atomic E-state index is 12.3. The number of halogens is 1. The molecule has 0 amide bonds. The summed E-state index contributed by atoms with van der Waals surface area (Å²) in [6.07, 6.45) is 3.58. The van der Waals surface area contributed by atoms with Gasteiger partial charge >= 0.3 is 5.97 Å². The van der Waals surface area contributed by atoms with Crippen LogP contribution >= 0.6 is 22.6 Å². The van der Waals surface area contributed by atoms with Gasteiger partial charge < -0.3 is 9.47 Å². The summed E-state index contributed by atoms with van der Waals surface area (Å²) in [4.78, 5) is 16.7. The van der Waals surface area contributed by atoms with E-state index in [1.807, 2.05) is 19.1 Å². The molecule has 0 N–H and O–H groups in total. The summed E-state index contributed by atoms with van der Waals surface area (Å²) in [7, 11) is 0. The summed E-state index contributed by atoms with van der Waals surface area (Å²) in [5, 5.41) is 0. The van der Waals surface area contributed by atoms with E-state index in [1.165, 1.54) is 0 Å². The van der Waals surface area contributed by atoms with Gasteiger partial charge in [-0.25, -0.2) is 0 Å². The van der Waals surface area contributed by atoms with E-state index in [0.717, 1.165) is 9.26 Å². The lowest BCUT2D eigenvalue weighted by Gasteiger charge is -2.27.